The lowest BCUT2D eigenvalue weighted by atomic mass is 10.1. The Morgan fingerprint density at radius 2 is 1.97 bits per heavy atom. The van der Waals surface area contributed by atoms with Crippen LogP contribution in [0.4, 0.5) is 11.5 Å². The van der Waals surface area contributed by atoms with E-state index >= 15 is 0 Å². The summed E-state index contributed by atoms with van der Waals surface area (Å²) in [6.07, 6.45) is 2.17. The molecule has 0 spiro atoms. The number of H-pyrrole nitrogens is 1. The van der Waals surface area contributed by atoms with Gasteiger partial charge >= 0.3 is 5.69 Å². The molecule has 2 aromatic rings. The van der Waals surface area contributed by atoms with Crippen LogP contribution >= 0.6 is 23.2 Å². The number of hydrogen-bond donors (Lipinski definition) is 2. The van der Waals surface area contributed by atoms with Crippen LogP contribution in [0.2, 0.25) is 10.0 Å². The highest BCUT2D eigenvalue weighted by Crippen LogP contribution is 2.29. The van der Waals surface area contributed by atoms with Gasteiger partial charge in [0.15, 0.2) is 5.69 Å². The second-order valence-corrected chi connectivity index (χ2v) is 8.02. The summed E-state index contributed by atoms with van der Waals surface area (Å²) in [4.78, 5) is 41.8. The average Bonchev–Trinajstić information content (AvgIpc) is 2.65. The number of anilines is 2. The number of hydrogen-bond acceptors (Lipinski definition) is 4. The van der Waals surface area contributed by atoms with Gasteiger partial charge in [-0.1, -0.05) is 56.5 Å². The quantitative estimate of drug-likeness (QED) is 0.648. The Kier molecular flexibility index (Phi) is 7.93. The van der Waals surface area contributed by atoms with E-state index < -0.39 is 17.2 Å². The normalized spacial score (nSPS) is 11.1. The Bertz CT molecular complexity index is 998. The minimum atomic E-state index is -0.712. The first-order chi connectivity index (χ1) is 13.7. The first kappa shape index (κ1) is 23.0. The number of amides is 1. The Hall–Kier alpha value is -2.25. The van der Waals surface area contributed by atoms with Gasteiger partial charge in [-0.15, -0.1) is 0 Å². The average molecular weight is 441 g/mol. The molecular weight excluding hydrogens is 415 g/mol. The second kappa shape index (κ2) is 9.98. The van der Waals surface area contributed by atoms with Crippen LogP contribution in [-0.4, -0.2) is 22.0 Å². The number of halogens is 2. The van der Waals surface area contributed by atoms with Crippen LogP contribution < -0.4 is 21.9 Å². The first-order valence-corrected chi connectivity index (χ1v) is 10.3. The van der Waals surface area contributed by atoms with Crippen molar-refractivity contribution in [2.75, 3.05) is 17.2 Å². The van der Waals surface area contributed by atoms with Crippen molar-refractivity contribution in [3.8, 4) is 0 Å². The molecule has 9 heteroatoms. The minimum Gasteiger partial charge on any atom is -0.383 e. The van der Waals surface area contributed by atoms with Gasteiger partial charge in [-0.2, -0.15) is 0 Å². The molecule has 2 rings (SSSR count). The summed E-state index contributed by atoms with van der Waals surface area (Å²) in [5, 5.41) is 0.333. The minimum absolute atomic E-state index is 0.0394. The van der Waals surface area contributed by atoms with E-state index in [-0.39, 0.29) is 39.6 Å². The van der Waals surface area contributed by atoms with E-state index in [1.807, 2.05) is 20.8 Å². The smallest absolute Gasteiger partial charge is 0.330 e. The highest BCUT2D eigenvalue weighted by molar-refractivity contribution is 6.44. The van der Waals surface area contributed by atoms with Crippen molar-refractivity contribution in [3.63, 3.8) is 0 Å². The molecule has 1 aromatic heterocycles. The Labute approximate surface area is 179 Å². The fraction of sp³-hybridized carbons (Fsp3) is 0.450. The predicted octanol–water partition coefficient (Wildman–Crippen LogP) is 3.92. The number of benzene rings is 1. The Morgan fingerprint density at radius 1 is 1.28 bits per heavy atom. The number of unbranched alkanes of at least 4 members (excludes halogenated alkanes) is 1. The molecule has 0 unspecified atom stereocenters. The molecule has 0 radical (unpaired) electrons. The molecule has 1 heterocycles. The second-order valence-electron chi connectivity index (χ2n) is 7.24. The maximum absolute atomic E-state index is 13.3. The molecule has 0 atom stereocenters. The number of aromatic nitrogens is 2. The lowest BCUT2D eigenvalue weighted by molar-refractivity contribution is 0.0985. The van der Waals surface area contributed by atoms with Crippen LogP contribution in [0.15, 0.2) is 27.8 Å². The van der Waals surface area contributed by atoms with Crippen molar-refractivity contribution in [2.45, 2.75) is 46.6 Å². The van der Waals surface area contributed by atoms with Gasteiger partial charge in [-0.05, 0) is 30.9 Å². The molecule has 29 heavy (non-hydrogen) atoms. The highest BCUT2D eigenvalue weighted by atomic mass is 35.5. The number of aromatic amines is 1. The Morgan fingerprint density at radius 3 is 2.59 bits per heavy atom. The topological polar surface area (TPSA) is 101 Å². The Balaban J connectivity index is 2.64. The van der Waals surface area contributed by atoms with Crippen LogP contribution in [-0.2, 0) is 6.54 Å². The van der Waals surface area contributed by atoms with Crippen LogP contribution in [0.5, 0.6) is 0 Å². The van der Waals surface area contributed by atoms with Crippen molar-refractivity contribution >= 4 is 40.6 Å². The summed E-state index contributed by atoms with van der Waals surface area (Å²) < 4.78 is 1.29. The van der Waals surface area contributed by atoms with Gasteiger partial charge in [0.1, 0.15) is 5.82 Å². The third kappa shape index (κ3) is 5.22. The molecule has 3 N–H and O–H groups in total. The molecule has 158 valence electrons. The van der Waals surface area contributed by atoms with E-state index in [9.17, 15) is 14.4 Å². The molecule has 1 aromatic carbocycles. The van der Waals surface area contributed by atoms with E-state index in [1.165, 1.54) is 15.5 Å². The van der Waals surface area contributed by atoms with Gasteiger partial charge < -0.3 is 10.6 Å². The van der Waals surface area contributed by atoms with Crippen molar-refractivity contribution < 1.29 is 4.79 Å². The number of nitrogens with one attached hydrogen (secondary N) is 1. The number of rotatable bonds is 8. The van der Waals surface area contributed by atoms with Crippen molar-refractivity contribution in [2.24, 2.45) is 5.92 Å². The van der Waals surface area contributed by atoms with Crippen LogP contribution in [0.25, 0.3) is 0 Å². The zero-order valence-electron chi connectivity index (χ0n) is 16.8. The van der Waals surface area contributed by atoms with Crippen LogP contribution in [0.1, 0.15) is 50.4 Å². The summed E-state index contributed by atoms with van der Waals surface area (Å²) >= 11 is 12.3. The lowest BCUT2D eigenvalue weighted by Gasteiger charge is -2.26. The molecule has 0 saturated heterocycles. The van der Waals surface area contributed by atoms with Gasteiger partial charge in [0, 0.05) is 13.1 Å². The number of nitrogen functional groups attached to an aromatic ring is 1. The van der Waals surface area contributed by atoms with Gasteiger partial charge in [-0.25, -0.2) is 4.79 Å². The molecule has 0 bridgehead atoms. The zero-order chi connectivity index (χ0) is 21.7. The third-order valence-electron chi connectivity index (χ3n) is 4.58. The maximum Gasteiger partial charge on any atom is 0.330 e. The number of nitrogens with two attached hydrogens (primary N) is 1. The highest BCUT2D eigenvalue weighted by Gasteiger charge is 2.27. The number of carbonyl (C=O) groups excluding carboxylic acids is 1. The van der Waals surface area contributed by atoms with E-state index in [2.05, 4.69) is 4.98 Å². The maximum atomic E-state index is 13.3. The third-order valence-corrected chi connectivity index (χ3v) is 5.40. The van der Waals surface area contributed by atoms with Crippen molar-refractivity contribution in [3.05, 3.63) is 54.6 Å². The summed E-state index contributed by atoms with van der Waals surface area (Å²) in [6.45, 7) is 6.57. The standard InChI is InChI=1S/C20H26Cl2N4O3/c1-4-5-10-26-17(23)16(18(27)24-20(26)29)25(11-9-12(2)3)19(28)13-7-6-8-14(21)15(13)22/h6-8,12H,4-5,9-11,23H2,1-3H3,(H,24,27,29). The van der Waals surface area contributed by atoms with Gasteiger partial charge in [0.05, 0.1) is 15.6 Å². The lowest BCUT2D eigenvalue weighted by Crippen LogP contribution is -2.42. The predicted molar refractivity (Wildman–Crippen MR) is 118 cm³/mol. The molecule has 0 fully saturated rings. The molecule has 0 saturated carbocycles. The summed E-state index contributed by atoms with van der Waals surface area (Å²) in [6, 6.07) is 4.72. The fourth-order valence-corrected chi connectivity index (χ4v) is 3.27. The zero-order valence-corrected chi connectivity index (χ0v) is 18.3. The van der Waals surface area contributed by atoms with Gasteiger partial charge in [-0.3, -0.25) is 19.1 Å². The monoisotopic (exact) mass is 440 g/mol. The molecular formula is C20H26Cl2N4O3. The van der Waals surface area contributed by atoms with Crippen molar-refractivity contribution in [1.82, 2.24) is 9.55 Å². The SMILES string of the molecule is CCCCn1c(N)c(N(CCC(C)C)C(=O)c2cccc(Cl)c2Cl)c(=O)[nH]c1=O. The van der Waals surface area contributed by atoms with E-state index in [1.54, 1.807) is 12.1 Å². The van der Waals surface area contributed by atoms with Crippen molar-refractivity contribution in [1.29, 1.82) is 0 Å². The number of nitrogens with zero attached hydrogens (tertiary/aromatic N) is 2. The summed E-state index contributed by atoms with van der Waals surface area (Å²) in [7, 11) is 0. The van der Waals surface area contributed by atoms with E-state index in [0.717, 1.165) is 6.42 Å². The van der Waals surface area contributed by atoms with Gasteiger partial charge in [0.2, 0.25) is 0 Å². The number of carbonyl (C=O) groups is 1. The molecule has 0 aliphatic carbocycles. The van der Waals surface area contributed by atoms with Crippen LogP contribution in [0, 0.1) is 5.92 Å². The van der Waals surface area contributed by atoms with Gasteiger partial charge in [0.25, 0.3) is 11.5 Å². The fourth-order valence-electron chi connectivity index (χ4n) is 2.89. The first-order valence-electron chi connectivity index (χ1n) is 9.57. The van der Waals surface area contributed by atoms with Crippen LogP contribution in [0.3, 0.4) is 0 Å². The largest absolute Gasteiger partial charge is 0.383 e. The molecule has 0 aliphatic heterocycles. The summed E-state index contributed by atoms with van der Waals surface area (Å²) in [5.74, 6) is -0.273. The van der Waals surface area contributed by atoms with E-state index in [4.69, 9.17) is 28.9 Å². The molecule has 0 aliphatic rings. The van der Waals surface area contributed by atoms with E-state index in [0.29, 0.717) is 19.4 Å². The molecule has 1 amide bonds. The molecule has 7 nitrogen and oxygen atoms in total. The summed E-state index contributed by atoms with van der Waals surface area (Å²) in [5.41, 5.74) is 5.01.